The van der Waals surface area contributed by atoms with Crippen molar-refractivity contribution in [3.05, 3.63) is 93.0 Å². The van der Waals surface area contributed by atoms with Gasteiger partial charge in [0.15, 0.2) is 0 Å². The highest BCUT2D eigenvalue weighted by Crippen LogP contribution is 2.32. The summed E-state index contributed by atoms with van der Waals surface area (Å²) in [5.41, 5.74) is 3.61. The van der Waals surface area contributed by atoms with E-state index in [1.807, 2.05) is 24.3 Å². The quantitative estimate of drug-likeness (QED) is 0.450. The minimum Gasteiger partial charge on any atom is -0.336 e. The summed E-state index contributed by atoms with van der Waals surface area (Å²) in [4.78, 5) is 2.31. The fourth-order valence-corrected chi connectivity index (χ4v) is 3.55. The Hall–Kier alpha value is -1.52. The van der Waals surface area contributed by atoms with Crippen molar-refractivity contribution in [3.63, 3.8) is 0 Å². The van der Waals surface area contributed by atoms with Gasteiger partial charge in [0.2, 0.25) is 0 Å². The van der Waals surface area contributed by atoms with Crippen molar-refractivity contribution >= 4 is 45.6 Å². The van der Waals surface area contributed by atoms with Gasteiger partial charge in [0, 0.05) is 20.8 Å². The molecule has 0 bridgehead atoms. The number of hydrogen-bond donors (Lipinski definition) is 0. The van der Waals surface area contributed by atoms with Crippen molar-refractivity contribution in [3.8, 4) is 0 Å². The SMILES string of the molecule is Clc1ccc(N(Cc2ccccc2)c2ccccc2)c(I)c1. The summed E-state index contributed by atoms with van der Waals surface area (Å²) in [5.74, 6) is 0. The van der Waals surface area contributed by atoms with Crippen LogP contribution in [0.2, 0.25) is 5.02 Å². The number of para-hydroxylation sites is 1. The first kappa shape index (κ1) is 15.4. The number of nitrogens with zero attached hydrogens (tertiary/aromatic N) is 1. The van der Waals surface area contributed by atoms with E-state index in [9.17, 15) is 0 Å². The molecule has 0 aliphatic rings. The first-order valence-corrected chi connectivity index (χ1v) is 8.51. The van der Waals surface area contributed by atoms with E-state index in [1.165, 1.54) is 16.9 Å². The lowest BCUT2D eigenvalue weighted by atomic mass is 10.1. The van der Waals surface area contributed by atoms with Crippen LogP contribution in [0.5, 0.6) is 0 Å². The van der Waals surface area contributed by atoms with E-state index in [0.717, 1.165) is 15.1 Å². The maximum Gasteiger partial charge on any atom is 0.0550 e. The van der Waals surface area contributed by atoms with Crippen LogP contribution in [-0.2, 0) is 6.54 Å². The zero-order chi connectivity index (χ0) is 15.4. The molecule has 3 heteroatoms. The Labute approximate surface area is 149 Å². The Morgan fingerprint density at radius 3 is 2.09 bits per heavy atom. The summed E-state index contributed by atoms with van der Waals surface area (Å²) >= 11 is 8.45. The Balaban J connectivity index is 2.03. The van der Waals surface area contributed by atoms with Gasteiger partial charge in [-0.05, 0) is 58.5 Å². The van der Waals surface area contributed by atoms with Gasteiger partial charge in [-0.1, -0.05) is 60.1 Å². The molecule has 3 aromatic rings. The highest BCUT2D eigenvalue weighted by Gasteiger charge is 2.13. The van der Waals surface area contributed by atoms with Gasteiger partial charge >= 0.3 is 0 Å². The zero-order valence-electron chi connectivity index (χ0n) is 11.9. The molecule has 3 aromatic carbocycles. The number of benzene rings is 3. The lowest BCUT2D eigenvalue weighted by Gasteiger charge is -2.26. The molecule has 0 aromatic heterocycles. The van der Waals surface area contributed by atoms with Gasteiger partial charge < -0.3 is 4.90 Å². The maximum atomic E-state index is 6.10. The second-order valence-electron chi connectivity index (χ2n) is 5.00. The molecule has 0 saturated heterocycles. The molecule has 0 N–H and O–H groups in total. The van der Waals surface area contributed by atoms with Crippen molar-refractivity contribution in [2.45, 2.75) is 6.54 Å². The molecule has 0 aliphatic heterocycles. The van der Waals surface area contributed by atoms with Crippen LogP contribution in [0.3, 0.4) is 0 Å². The molecular formula is C19H15ClIN. The van der Waals surface area contributed by atoms with Crippen LogP contribution in [0.1, 0.15) is 5.56 Å². The van der Waals surface area contributed by atoms with E-state index in [2.05, 4.69) is 82.1 Å². The number of rotatable bonds is 4. The predicted molar refractivity (Wildman–Crippen MR) is 103 cm³/mol. The summed E-state index contributed by atoms with van der Waals surface area (Å²) in [5, 5.41) is 0.765. The first-order valence-electron chi connectivity index (χ1n) is 7.05. The van der Waals surface area contributed by atoms with Crippen LogP contribution >= 0.6 is 34.2 Å². The molecule has 0 heterocycles. The minimum atomic E-state index is 0.765. The fraction of sp³-hybridized carbons (Fsp3) is 0.0526. The lowest BCUT2D eigenvalue weighted by Crippen LogP contribution is -2.17. The van der Waals surface area contributed by atoms with Gasteiger partial charge in [0.25, 0.3) is 0 Å². The molecule has 0 amide bonds. The largest absolute Gasteiger partial charge is 0.336 e. The molecule has 0 spiro atoms. The average molecular weight is 420 g/mol. The van der Waals surface area contributed by atoms with Gasteiger partial charge in [-0.15, -0.1) is 0 Å². The molecule has 0 radical (unpaired) electrons. The molecule has 0 atom stereocenters. The van der Waals surface area contributed by atoms with Crippen molar-refractivity contribution in [1.82, 2.24) is 0 Å². The van der Waals surface area contributed by atoms with Crippen LogP contribution in [-0.4, -0.2) is 0 Å². The second-order valence-corrected chi connectivity index (χ2v) is 6.60. The third kappa shape index (κ3) is 3.62. The Bertz CT molecular complexity index is 744. The number of halogens is 2. The van der Waals surface area contributed by atoms with Crippen molar-refractivity contribution in [1.29, 1.82) is 0 Å². The average Bonchev–Trinajstić information content (AvgIpc) is 2.55. The summed E-state index contributed by atoms with van der Waals surface area (Å²) in [6, 6.07) is 27.0. The number of anilines is 2. The lowest BCUT2D eigenvalue weighted by molar-refractivity contribution is 0.972. The van der Waals surface area contributed by atoms with E-state index in [-0.39, 0.29) is 0 Å². The van der Waals surface area contributed by atoms with E-state index >= 15 is 0 Å². The third-order valence-electron chi connectivity index (χ3n) is 3.45. The van der Waals surface area contributed by atoms with E-state index < -0.39 is 0 Å². The van der Waals surface area contributed by atoms with Gasteiger partial charge in [-0.3, -0.25) is 0 Å². The van der Waals surface area contributed by atoms with Crippen LogP contribution in [0.4, 0.5) is 11.4 Å². The Morgan fingerprint density at radius 2 is 1.45 bits per heavy atom. The topological polar surface area (TPSA) is 3.24 Å². The van der Waals surface area contributed by atoms with Crippen LogP contribution < -0.4 is 4.90 Å². The van der Waals surface area contributed by atoms with Crippen molar-refractivity contribution in [2.75, 3.05) is 4.90 Å². The maximum absolute atomic E-state index is 6.10. The molecule has 0 saturated carbocycles. The molecule has 3 rings (SSSR count). The van der Waals surface area contributed by atoms with Crippen molar-refractivity contribution in [2.24, 2.45) is 0 Å². The summed E-state index contributed by atoms with van der Waals surface area (Å²) in [6.07, 6.45) is 0. The van der Waals surface area contributed by atoms with E-state index in [1.54, 1.807) is 0 Å². The summed E-state index contributed by atoms with van der Waals surface area (Å²) in [6.45, 7) is 0.822. The van der Waals surface area contributed by atoms with E-state index in [4.69, 9.17) is 11.6 Å². The Kier molecular flexibility index (Phi) is 5.01. The molecule has 0 fully saturated rings. The fourth-order valence-electron chi connectivity index (χ4n) is 2.39. The first-order chi connectivity index (χ1) is 10.7. The summed E-state index contributed by atoms with van der Waals surface area (Å²) in [7, 11) is 0. The predicted octanol–water partition coefficient (Wildman–Crippen LogP) is 6.28. The molecule has 1 nitrogen and oxygen atoms in total. The summed E-state index contributed by atoms with van der Waals surface area (Å²) < 4.78 is 1.14. The highest BCUT2D eigenvalue weighted by atomic mass is 127. The number of hydrogen-bond acceptors (Lipinski definition) is 1. The van der Waals surface area contributed by atoms with Crippen LogP contribution in [0.25, 0.3) is 0 Å². The van der Waals surface area contributed by atoms with Crippen LogP contribution in [0, 0.1) is 3.57 Å². The molecule has 0 unspecified atom stereocenters. The van der Waals surface area contributed by atoms with Gasteiger partial charge in [-0.2, -0.15) is 0 Å². The minimum absolute atomic E-state index is 0.765. The smallest absolute Gasteiger partial charge is 0.0550 e. The van der Waals surface area contributed by atoms with Crippen molar-refractivity contribution < 1.29 is 0 Å². The van der Waals surface area contributed by atoms with Gasteiger partial charge in [-0.25, -0.2) is 0 Å². The second kappa shape index (κ2) is 7.16. The van der Waals surface area contributed by atoms with Gasteiger partial charge in [0.05, 0.1) is 5.69 Å². The van der Waals surface area contributed by atoms with E-state index in [0.29, 0.717) is 0 Å². The zero-order valence-corrected chi connectivity index (χ0v) is 14.8. The Morgan fingerprint density at radius 1 is 0.818 bits per heavy atom. The molecule has 0 aliphatic carbocycles. The highest BCUT2D eigenvalue weighted by molar-refractivity contribution is 14.1. The molecule has 110 valence electrons. The molecule has 22 heavy (non-hydrogen) atoms. The standard InChI is InChI=1S/C19H15ClIN/c20-16-11-12-19(18(21)13-16)22(17-9-5-2-6-10-17)14-15-7-3-1-4-8-15/h1-13H,14H2. The third-order valence-corrected chi connectivity index (χ3v) is 4.55. The molecular weight excluding hydrogens is 405 g/mol. The van der Waals surface area contributed by atoms with Gasteiger partial charge in [0.1, 0.15) is 0 Å². The monoisotopic (exact) mass is 419 g/mol. The van der Waals surface area contributed by atoms with Crippen LogP contribution in [0.15, 0.2) is 78.9 Å². The normalized spacial score (nSPS) is 10.5.